The number of alkyl halides is 3. The normalized spacial score (nSPS) is 12.1. The first-order chi connectivity index (χ1) is 12.4. The highest BCUT2D eigenvalue weighted by Crippen LogP contribution is 2.22. The molecule has 2 N–H and O–H groups in total. The Morgan fingerprint density at radius 3 is 2.65 bits per heavy atom. The molecule has 0 radical (unpaired) electrons. The molecule has 142 valence electrons. The minimum atomic E-state index is -4.38. The van der Waals surface area contributed by atoms with E-state index in [9.17, 15) is 13.2 Å². The number of guanidine groups is 1. The Morgan fingerprint density at radius 1 is 1.23 bits per heavy atom. The lowest BCUT2D eigenvalue weighted by Gasteiger charge is -2.14. The highest BCUT2D eigenvalue weighted by atomic mass is 19.4. The highest BCUT2D eigenvalue weighted by Gasteiger charge is 2.28. The standard InChI is InChI=1S/C17H22F3N5O/c1-3-21-16(23-11-14-8-9-24-25(14)2)22-10-13-6-4-5-7-15(13)26-12-17(18,19)20/h4-9H,3,10-12H2,1-2H3,(H2,21,22,23). The molecule has 2 rings (SSSR count). The van der Waals surface area contributed by atoms with Crippen molar-refractivity contribution >= 4 is 5.96 Å². The molecule has 0 aliphatic heterocycles. The number of para-hydroxylation sites is 1. The summed E-state index contributed by atoms with van der Waals surface area (Å²) in [7, 11) is 1.84. The lowest BCUT2D eigenvalue weighted by molar-refractivity contribution is -0.153. The number of aromatic nitrogens is 2. The monoisotopic (exact) mass is 369 g/mol. The van der Waals surface area contributed by atoms with Crippen LogP contribution in [0.3, 0.4) is 0 Å². The summed E-state index contributed by atoms with van der Waals surface area (Å²) in [5.74, 6) is 0.732. The molecule has 0 aliphatic rings. The van der Waals surface area contributed by atoms with Crippen LogP contribution in [0.15, 0.2) is 41.5 Å². The van der Waals surface area contributed by atoms with Gasteiger partial charge in [-0.1, -0.05) is 18.2 Å². The molecule has 1 heterocycles. The van der Waals surface area contributed by atoms with Crippen LogP contribution >= 0.6 is 0 Å². The summed E-state index contributed by atoms with van der Waals surface area (Å²) in [6.45, 7) is 1.97. The molecule has 1 aromatic heterocycles. The first kappa shape index (κ1) is 19.6. The predicted molar refractivity (Wildman–Crippen MR) is 92.9 cm³/mol. The molecule has 1 aromatic carbocycles. The number of halogens is 3. The first-order valence-electron chi connectivity index (χ1n) is 8.15. The van der Waals surface area contributed by atoms with E-state index in [1.54, 1.807) is 29.1 Å². The van der Waals surface area contributed by atoms with Crippen molar-refractivity contribution in [2.75, 3.05) is 13.2 Å². The maximum atomic E-state index is 12.4. The number of nitrogens with zero attached hydrogens (tertiary/aromatic N) is 3. The van der Waals surface area contributed by atoms with Crippen LogP contribution in [0, 0.1) is 0 Å². The number of rotatable bonds is 7. The van der Waals surface area contributed by atoms with Crippen LogP contribution < -0.4 is 15.4 Å². The van der Waals surface area contributed by atoms with Gasteiger partial charge < -0.3 is 15.4 Å². The van der Waals surface area contributed by atoms with E-state index in [4.69, 9.17) is 4.74 Å². The van der Waals surface area contributed by atoms with Crippen LogP contribution in [0.4, 0.5) is 13.2 Å². The van der Waals surface area contributed by atoms with Crippen LogP contribution in [0.25, 0.3) is 0 Å². The molecule has 0 atom stereocenters. The summed E-state index contributed by atoms with van der Waals surface area (Å²) in [4.78, 5) is 4.42. The SMILES string of the molecule is CCNC(=NCc1ccccc1OCC(F)(F)F)NCc1ccnn1C. The third-order valence-electron chi connectivity index (χ3n) is 3.48. The Morgan fingerprint density at radius 2 is 2.00 bits per heavy atom. The maximum absolute atomic E-state index is 12.4. The largest absolute Gasteiger partial charge is 0.484 e. The maximum Gasteiger partial charge on any atom is 0.422 e. The number of benzene rings is 1. The van der Waals surface area contributed by atoms with E-state index in [0.29, 0.717) is 24.6 Å². The number of ether oxygens (including phenoxy) is 1. The Balaban J connectivity index is 2.03. The van der Waals surface area contributed by atoms with Gasteiger partial charge in [-0.05, 0) is 19.1 Å². The summed E-state index contributed by atoms with van der Waals surface area (Å²) < 4.78 is 43.8. The summed E-state index contributed by atoms with van der Waals surface area (Å²) in [6.07, 6.45) is -2.68. The molecule has 0 amide bonds. The van der Waals surface area contributed by atoms with E-state index >= 15 is 0 Å². The molecule has 0 spiro atoms. The predicted octanol–water partition coefficient (Wildman–Crippen LogP) is 2.62. The van der Waals surface area contributed by atoms with E-state index in [2.05, 4.69) is 20.7 Å². The van der Waals surface area contributed by atoms with Crippen molar-refractivity contribution in [3.05, 3.63) is 47.8 Å². The van der Waals surface area contributed by atoms with Gasteiger partial charge in [-0.2, -0.15) is 18.3 Å². The Bertz CT molecular complexity index is 727. The van der Waals surface area contributed by atoms with Gasteiger partial charge in [0.15, 0.2) is 12.6 Å². The van der Waals surface area contributed by atoms with Gasteiger partial charge in [-0.3, -0.25) is 4.68 Å². The molecule has 0 fully saturated rings. The van der Waals surface area contributed by atoms with Crippen molar-refractivity contribution in [2.24, 2.45) is 12.0 Å². The smallest absolute Gasteiger partial charge is 0.422 e. The van der Waals surface area contributed by atoms with Crippen LogP contribution in [-0.4, -0.2) is 35.1 Å². The molecule has 9 heteroatoms. The van der Waals surface area contributed by atoms with Gasteiger partial charge in [0.1, 0.15) is 5.75 Å². The zero-order chi connectivity index (χ0) is 19.0. The lowest BCUT2D eigenvalue weighted by atomic mass is 10.2. The van der Waals surface area contributed by atoms with Gasteiger partial charge in [-0.15, -0.1) is 0 Å². The summed E-state index contributed by atoms with van der Waals surface area (Å²) in [5.41, 5.74) is 1.55. The van der Waals surface area contributed by atoms with Gasteiger partial charge in [0.2, 0.25) is 0 Å². The topological polar surface area (TPSA) is 63.5 Å². The second kappa shape index (κ2) is 9.12. The summed E-state index contributed by atoms with van der Waals surface area (Å²) in [6, 6.07) is 8.45. The van der Waals surface area contributed by atoms with E-state index < -0.39 is 12.8 Å². The average Bonchev–Trinajstić information content (AvgIpc) is 3.00. The Hall–Kier alpha value is -2.71. The lowest BCUT2D eigenvalue weighted by Crippen LogP contribution is -2.37. The fourth-order valence-corrected chi connectivity index (χ4v) is 2.19. The fourth-order valence-electron chi connectivity index (χ4n) is 2.19. The number of hydrogen-bond acceptors (Lipinski definition) is 3. The molecule has 0 unspecified atom stereocenters. The van der Waals surface area contributed by atoms with Gasteiger partial charge >= 0.3 is 6.18 Å². The number of hydrogen-bond donors (Lipinski definition) is 2. The molecular formula is C17H22F3N5O. The Kier molecular flexibility index (Phi) is 6.88. The van der Waals surface area contributed by atoms with Gasteiger partial charge in [0.25, 0.3) is 0 Å². The van der Waals surface area contributed by atoms with E-state index in [1.807, 2.05) is 20.0 Å². The minimum absolute atomic E-state index is 0.177. The fraction of sp³-hybridized carbons (Fsp3) is 0.412. The van der Waals surface area contributed by atoms with Crippen molar-refractivity contribution in [3.8, 4) is 5.75 Å². The molecule has 0 saturated heterocycles. The zero-order valence-corrected chi connectivity index (χ0v) is 14.7. The molecule has 6 nitrogen and oxygen atoms in total. The number of aryl methyl sites for hydroxylation is 1. The summed E-state index contributed by atoms with van der Waals surface area (Å²) in [5, 5.41) is 10.4. The van der Waals surface area contributed by atoms with Crippen LogP contribution in [0.2, 0.25) is 0 Å². The van der Waals surface area contributed by atoms with Crippen LogP contribution in [0.5, 0.6) is 5.75 Å². The van der Waals surface area contributed by atoms with Crippen molar-refractivity contribution in [3.63, 3.8) is 0 Å². The van der Waals surface area contributed by atoms with E-state index in [-0.39, 0.29) is 12.3 Å². The molecule has 0 bridgehead atoms. The minimum Gasteiger partial charge on any atom is -0.484 e. The van der Waals surface area contributed by atoms with Crippen molar-refractivity contribution < 1.29 is 17.9 Å². The number of nitrogens with one attached hydrogen (secondary N) is 2. The third kappa shape index (κ3) is 6.30. The second-order valence-electron chi connectivity index (χ2n) is 5.51. The van der Waals surface area contributed by atoms with Crippen molar-refractivity contribution in [1.82, 2.24) is 20.4 Å². The molecular weight excluding hydrogens is 347 g/mol. The number of aliphatic imine (C=N–C) groups is 1. The zero-order valence-electron chi connectivity index (χ0n) is 14.7. The molecule has 0 aliphatic carbocycles. The quantitative estimate of drug-likeness (QED) is 0.582. The molecule has 2 aromatic rings. The van der Waals surface area contributed by atoms with E-state index in [0.717, 1.165) is 5.69 Å². The average molecular weight is 369 g/mol. The first-order valence-corrected chi connectivity index (χ1v) is 8.15. The third-order valence-corrected chi connectivity index (χ3v) is 3.48. The van der Waals surface area contributed by atoms with Gasteiger partial charge in [0.05, 0.1) is 18.8 Å². The highest BCUT2D eigenvalue weighted by molar-refractivity contribution is 5.79. The van der Waals surface area contributed by atoms with Crippen LogP contribution in [-0.2, 0) is 20.1 Å². The molecule has 26 heavy (non-hydrogen) atoms. The van der Waals surface area contributed by atoms with Crippen molar-refractivity contribution in [1.29, 1.82) is 0 Å². The van der Waals surface area contributed by atoms with E-state index in [1.165, 1.54) is 6.07 Å². The van der Waals surface area contributed by atoms with Gasteiger partial charge in [-0.25, -0.2) is 4.99 Å². The van der Waals surface area contributed by atoms with Crippen molar-refractivity contribution in [2.45, 2.75) is 26.2 Å². The second-order valence-corrected chi connectivity index (χ2v) is 5.51. The molecule has 0 saturated carbocycles. The van der Waals surface area contributed by atoms with Crippen LogP contribution in [0.1, 0.15) is 18.2 Å². The van der Waals surface area contributed by atoms with Gasteiger partial charge in [0, 0.05) is 25.4 Å². The Labute approximate surface area is 150 Å². The summed E-state index contributed by atoms with van der Waals surface area (Å²) >= 11 is 0.